The van der Waals surface area contributed by atoms with E-state index < -0.39 is 0 Å². The average molecular weight is 401 g/mol. The number of benzene rings is 2. The van der Waals surface area contributed by atoms with E-state index >= 15 is 0 Å². The first-order valence-corrected chi connectivity index (χ1v) is 8.52. The maximum atomic E-state index is 10.7. The molecule has 4 nitrogen and oxygen atoms in total. The smallest absolute Gasteiger partial charge is 0.153 e. The van der Waals surface area contributed by atoms with Gasteiger partial charge in [-0.1, -0.05) is 79.2 Å². The Bertz CT molecular complexity index is 1080. The third-order valence-corrected chi connectivity index (χ3v) is 4.54. The number of carbonyl (C=O) groups is 1. The molecule has 0 aliphatic rings. The fourth-order valence-electron chi connectivity index (χ4n) is 2.62. The van der Waals surface area contributed by atoms with E-state index in [1.165, 1.54) is 0 Å². The normalized spacial score (nSPS) is 10.0. The minimum Gasteiger partial charge on any atom is -0.392 e. The van der Waals surface area contributed by atoms with Crippen LogP contribution < -0.4 is 0 Å². The Morgan fingerprint density at radius 2 is 1.37 bits per heavy atom. The number of aliphatic hydroxyl groups excluding tert-OH is 1. The molecule has 0 saturated carbocycles. The summed E-state index contributed by atoms with van der Waals surface area (Å²) in [6.07, 6.45) is 4.10. The lowest BCUT2D eigenvalue weighted by molar-refractivity contribution is 0.112. The second-order valence-electron chi connectivity index (χ2n) is 5.44. The van der Waals surface area contributed by atoms with Crippen molar-refractivity contribution in [2.24, 2.45) is 0 Å². The van der Waals surface area contributed by atoms with Crippen LogP contribution in [0.15, 0.2) is 60.9 Å². The summed E-state index contributed by atoms with van der Waals surface area (Å²) in [5.74, 6) is 0. The number of pyridine rings is 2. The molecule has 0 aliphatic carbocycles. The quantitative estimate of drug-likeness (QED) is 0.345. The van der Waals surface area contributed by atoms with Gasteiger partial charge in [0.05, 0.1) is 12.2 Å². The molecule has 4 rings (SSSR count). The van der Waals surface area contributed by atoms with Crippen molar-refractivity contribution in [3.63, 3.8) is 0 Å². The summed E-state index contributed by atoms with van der Waals surface area (Å²) >= 11 is 11.6. The Kier molecular flexibility index (Phi) is 7.25. The predicted octanol–water partition coefficient (Wildman–Crippen LogP) is 5.72. The minimum absolute atomic E-state index is 0. The van der Waals surface area contributed by atoms with Crippen LogP contribution in [-0.4, -0.2) is 21.4 Å². The predicted molar refractivity (Wildman–Crippen MR) is 112 cm³/mol. The molecule has 2 heterocycles. The number of aldehydes is 1. The van der Waals surface area contributed by atoms with Crippen LogP contribution in [0.3, 0.4) is 0 Å². The van der Waals surface area contributed by atoms with Gasteiger partial charge >= 0.3 is 0 Å². The second-order valence-corrected chi connectivity index (χ2v) is 6.16. The van der Waals surface area contributed by atoms with Gasteiger partial charge in [0.1, 0.15) is 10.3 Å². The molecule has 0 atom stereocenters. The van der Waals surface area contributed by atoms with Gasteiger partial charge in [-0.25, -0.2) is 9.97 Å². The molecule has 2 aromatic heterocycles. The molecule has 2 aromatic carbocycles. The topological polar surface area (TPSA) is 63.1 Å². The highest BCUT2D eigenvalue weighted by Crippen LogP contribution is 2.23. The van der Waals surface area contributed by atoms with Crippen molar-refractivity contribution in [1.29, 1.82) is 0 Å². The molecule has 0 fully saturated rings. The molecule has 4 aromatic rings. The first-order valence-electron chi connectivity index (χ1n) is 7.77. The van der Waals surface area contributed by atoms with Gasteiger partial charge in [-0.3, -0.25) is 4.79 Å². The molecular weight excluding hydrogens is 383 g/mol. The molecule has 0 saturated heterocycles. The van der Waals surface area contributed by atoms with E-state index in [-0.39, 0.29) is 19.2 Å². The van der Waals surface area contributed by atoms with Crippen molar-refractivity contribution in [1.82, 2.24) is 9.97 Å². The van der Waals surface area contributed by atoms with Crippen LogP contribution in [0.4, 0.5) is 0 Å². The number of nitrogens with zero attached hydrogens (tertiary/aromatic N) is 2. The van der Waals surface area contributed by atoms with Gasteiger partial charge < -0.3 is 5.11 Å². The maximum Gasteiger partial charge on any atom is 0.153 e. The van der Waals surface area contributed by atoms with E-state index in [4.69, 9.17) is 28.3 Å². The molecule has 138 valence electrons. The number of halogens is 2. The number of aromatic nitrogens is 2. The molecule has 0 radical (unpaired) electrons. The van der Waals surface area contributed by atoms with Crippen LogP contribution in [0, 0.1) is 0 Å². The summed E-state index contributed by atoms with van der Waals surface area (Å²) in [5.41, 5.74) is 1.15. The van der Waals surface area contributed by atoms with Gasteiger partial charge in [0.25, 0.3) is 0 Å². The average Bonchev–Trinajstić information content (AvgIpc) is 2.68. The zero-order valence-electron chi connectivity index (χ0n) is 13.6. The summed E-state index contributed by atoms with van der Waals surface area (Å²) in [5, 5.41) is 13.5. The number of fused-ring (bicyclic) bond motifs is 2. The van der Waals surface area contributed by atoms with Crippen molar-refractivity contribution >= 4 is 51.0 Å². The fourth-order valence-corrected chi connectivity index (χ4v) is 3.03. The third kappa shape index (κ3) is 4.42. The molecule has 0 unspecified atom stereocenters. The molecule has 0 spiro atoms. The number of carbonyl (C=O) groups excluding carboxylic acids is 1. The highest BCUT2D eigenvalue weighted by atomic mass is 35.5. The lowest BCUT2D eigenvalue weighted by Gasteiger charge is -2.04. The third-order valence-electron chi connectivity index (χ3n) is 3.92. The summed E-state index contributed by atoms with van der Waals surface area (Å²) in [6.45, 7) is -0.0762. The Balaban J connectivity index is 0.000000187. The zero-order chi connectivity index (χ0) is 18.5. The summed E-state index contributed by atoms with van der Waals surface area (Å²) < 4.78 is 0. The number of hydrogen-bond acceptors (Lipinski definition) is 4. The van der Waals surface area contributed by atoms with Crippen LogP contribution in [0.1, 0.15) is 23.3 Å². The van der Waals surface area contributed by atoms with Crippen molar-refractivity contribution in [2.75, 3.05) is 0 Å². The van der Waals surface area contributed by atoms with Gasteiger partial charge in [-0.05, 0) is 10.8 Å². The van der Waals surface area contributed by atoms with Crippen molar-refractivity contribution in [3.05, 3.63) is 82.4 Å². The standard InChI is InChI=1S/C10H8ClNO.C10H6ClNO.CH4/c2*11-10-9(6-13)8-4-2-1-3-7(8)5-12-10;/h1-5,13H,6H2;1-6H;1H4. The fraction of sp³-hybridized carbons (Fsp3) is 0.0952. The van der Waals surface area contributed by atoms with E-state index in [0.717, 1.165) is 27.8 Å². The van der Waals surface area contributed by atoms with Gasteiger partial charge in [0.2, 0.25) is 0 Å². The number of rotatable bonds is 2. The molecule has 1 N–H and O–H groups in total. The molecule has 27 heavy (non-hydrogen) atoms. The van der Waals surface area contributed by atoms with Crippen LogP contribution in [0.5, 0.6) is 0 Å². The highest BCUT2D eigenvalue weighted by molar-refractivity contribution is 6.33. The van der Waals surface area contributed by atoms with Gasteiger partial charge in [-0.2, -0.15) is 0 Å². The molecular formula is C21H18Cl2N2O2. The van der Waals surface area contributed by atoms with E-state index in [1.807, 2.05) is 48.5 Å². The van der Waals surface area contributed by atoms with Gasteiger partial charge in [-0.15, -0.1) is 0 Å². The van der Waals surface area contributed by atoms with Gasteiger partial charge in [0, 0.05) is 28.7 Å². The van der Waals surface area contributed by atoms with E-state index in [0.29, 0.717) is 16.3 Å². The molecule has 0 bridgehead atoms. The van der Waals surface area contributed by atoms with Crippen LogP contribution in [-0.2, 0) is 6.61 Å². The first-order chi connectivity index (χ1) is 12.7. The highest BCUT2D eigenvalue weighted by Gasteiger charge is 2.05. The Morgan fingerprint density at radius 3 is 1.96 bits per heavy atom. The number of hydrogen-bond donors (Lipinski definition) is 1. The first kappa shape index (κ1) is 20.8. The monoisotopic (exact) mass is 400 g/mol. The lowest BCUT2D eigenvalue weighted by atomic mass is 10.1. The van der Waals surface area contributed by atoms with Crippen molar-refractivity contribution < 1.29 is 9.90 Å². The Hall–Kier alpha value is -2.53. The van der Waals surface area contributed by atoms with E-state index in [2.05, 4.69) is 9.97 Å². The summed E-state index contributed by atoms with van der Waals surface area (Å²) in [7, 11) is 0. The van der Waals surface area contributed by atoms with E-state index in [9.17, 15) is 4.79 Å². The largest absolute Gasteiger partial charge is 0.392 e. The maximum absolute atomic E-state index is 10.7. The molecule has 6 heteroatoms. The summed E-state index contributed by atoms with van der Waals surface area (Å²) in [4.78, 5) is 18.6. The van der Waals surface area contributed by atoms with Crippen LogP contribution in [0.2, 0.25) is 10.3 Å². The Morgan fingerprint density at radius 1 is 0.852 bits per heavy atom. The second kappa shape index (κ2) is 9.42. The summed E-state index contributed by atoms with van der Waals surface area (Å²) in [6, 6.07) is 15.2. The van der Waals surface area contributed by atoms with Crippen molar-refractivity contribution in [3.8, 4) is 0 Å². The number of aliphatic hydroxyl groups is 1. The minimum atomic E-state index is -0.0762. The van der Waals surface area contributed by atoms with Crippen LogP contribution in [0.25, 0.3) is 21.5 Å². The van der Waals surface area contributed by atoms with Crippen LogP contribution >= 0.6 is 23.2 Å². The van der Waals surface area contributed by atoms with Crippen molar-refractivity contribution in [2.45, 2.75) is 14.0 Å². The zero-order valence-corrected chi connectivity index (χ0v) is 15.1. The SMILES string of the molecule is C.O=Cc1c(Cl)ncc2ccccc12.OCc1c(Cl)ncc2ccccc12. The molecule has 0 amide bonds. The lowest BCUT2D eigenvalue weighted by Crippen LogP contribution is -1.90. The van der Waals surface area contributed by atoms with E-state index in [1.54, 1.807) is 12.4 Å². The molecule has 0 aliphatic heterocycles. The van der Waals surface area contributed by atoms with Gasteiger partial charge in [0.15, 0.2) is 6.29 Å². The Labute approximate surface area is 167 Å².